The molecule has 0 N–H and O–H groups in total. The maximum atomic E-state index is 2.68. The maximum Gasteiger partial charge on any atom is 0.0234 e. The molecule has 0 aromatic carbocycles. The third-order valence-electron chi connectivity index (χ3n) is 3.86. The van der Waals surface area contributed by atoms with Crippen LogP contribution in [0.4, 0.5) is 0 Å². The molecule has 0 spiro atoms. The maximum absolute atomic E-state index is 2.68. The zero-order valence-electron chi connectivity index (χ0n) is 11.7. The van der Waals surface area contributed by atoms with E-state index in [1.807, 2.05) is 0 Å². The fraction of sp³-hybridized carbons (Fsp3) is 0.733. The molecule has 1 aliphatic heterocycles. The fourth-order valence-corrected chi connectivity index (χ4v) is 3.02. The van der Waals surface area contributed by atoms with Crippen molar-refractivity contribution in [3.05, 3.63) is 24.0 Å². The average molecular weight is 234 g/mol. The Balaban J connectivity index is 1.90. The highest BCUT2D eigenvalue weighted by Crippen LogP contribution is 2.28. The van der Waals surface area contributed by atoms with Gasteiger partial charge in [0.2, 0.25) is 0 Å². The van der Waals surface area contributed by atoms with Gasteiger partial charge in [0.1, 0.15) is 0 Å². The van der Waals surface area contributed by atoms with Crippen LogP contribution in [0, 0.1) is 6.92 Å². The smallest absolute Gasteiger partial charge is 0.0234 e. The predicted octanol–water partition coefficient (Wildman–Crippen LogP) is 3.45. The van der Waals surface area contributed by atoms with E-state index in [1.165, 1.54) is 31.4 Å². The van der Waals surface area contributed by atoms with E-state index in [2.05, 4.69) is 55.6 Å². The van der Waals surface area contributed by atoms with Crippen LogP contribution in [0.1, 0.15) is 45.6 Å². The molecule has 1 atom stereocenters. The van der Waals surface area contributed by atoms with Crippen LogP contribution in [0.25, 0.3) is 0 Å². The molecule has 1 aromatic heterocycles. The fourth-order valence-electron chi connectivity index (χ4n) is 3.02. The number of likely N-dealkylation sites (tertiary alicyclic amines) is 1. The molecule has 0 aliphatic carbocycles. The van der Waals surface area contributed by atoms with Crippen molar-refractivity contribution in [1.29, 1.82) is 0 Å². The number of rotatable bonds is 3. The Bertz CT molecular complexity index is 359. The van der Waals surface area contributed by atoms with Crippen LogP contribution in [0.5, 0.6) is 0 Å². The van der Waals surface area contributed by atoms with Crippen molar-refractivity contribution in [1.82, 2.24) is 9.47 Å². The molecule has 0 unspecified atom stereocenters. The summed E-state index contributed by atoms with van der Waals surface area (Å²) in [7, 11) is 0. The van der Waals surface area contributed by atoms with E-state index < -0.39 is 0 Å². The van der Waals surface area contributed by atoms with Gasteiger partial charge >= 0.3 is 0 Å². The highest BCUT2D eigenvalue weighted by molar-refractivity contribution is 5.07. The monoisotopic (exact) mass is 234 g/mol. The number of aryl methyl sites for hydroxylation is 2. The summed E-state index contributed by atoms with van der Waals surface area (Å²) >= 11 is 0. The van der Waals surface area contributed by atoms with Gasteiger partial charge in [0.25, 0.3) is 0 Å². The molecule has 0 amide bonds. The minimum absolute atomic E-state index is 0.327. The van der Waals surface area contributed by atoms with Gasteiger partial charge in [-0.3, -0.25) is 4.90 Å². The van der Waals surface area contributed by atoms with E-state index in [9.17, 15) is 0 Å². The van der Waals surface area contributed by atoms with E-state index in [1.54, 1.807) is 0 Å². The zero-order chi connectivity index (χ0) is 12.5. The van der Waals surface area contributed by atoms with Crippen LogP contribution < -0.4 is 0 Å². The van der Waals surface area contributed by atoms with E-state index >= 15 is 0 Å². The lowest BCUT2D eigenvalue weighted by atomic mass is 10.0. The summed E-state index contributed by atoms with van der Waals surface area (Å²) in [6, 6.07) is 2.97. The van der Waals surface area contributed by atoms with Crippen LogP contribution in [-0.2, 0) is 6.54 Å². The van der Waals surface area contributed by atoms with Gasteiger partial charge in [-0.2, -0.15) is 0 Å². The van der Waals surface area contributed by atoms with E-state index in [-0.39, 0.29) is 0 Å². The van der Waals surface area contributed by atoms with E-state index in [0.717, 1.165) is 12.6 Å². The number of hydrogen-bond donors (Lipinski definition) is 0. The molecule has 2 heterocycles. The van der Waals surface area contributed by atoms with Gasteiger partial charge in [-0.05, 0) is 65.1 Å². The Kier molecular flexibility index (Phi) is 3.62. The highest BCUT2D eigenvalue weighted by Gasteiger charge is 2.32. The second-order valence-electron chi connectivity index (χ2n) is 6.38. The molecule has 17 heavy (non-hydrogen) atoms. The number of nitrogens with zero attached hydrogens (tertiary/aromatic N) is 2. The van der Waals surface area contributed by atoms with Gasteiger partial charge in [-0.15, -0.1) is 0 Å². The quantitative estimate of drug-likeness (QED) is 0.777. The summed E-state index contributed by atoms with van der Waals surface area (Å²) in [5.41, 5.74) is 1.69. The third kappa shape index (κ3) is 3.12. The zero-order valence-corrected chi connectivity index (χ0v) is 11.7. The van der Waals surface area contributed by atoms with Gasteiger partial charge < -0.3 is 4.57 Å². The van der Waals surface area contributed by atoms with Crippen LogP contribution in [-0.4, -0.2) is 27.6 Å². The normalized spacial score (nSPS) is 22.2. The first-order chi connectivity index (χ1) is 7.97. The number of aromatic nitrogens is 1. The van der Waals surface area contributed by atoms with Crippen molar-refractivity contribution in [3.63, 3.8) is 0 Å². The summed E-state index contributed by atoms with van der Waals surface area (Å²) in [5.74, 6) is 0. The first-order valence-corrected chi connectivity index (χ1v) is 6.86. The number of hydrogen-bond acceptors (Lipinski definition) is 1. The second-order valence-corrected chi connectivity index (χ2v) is 6.38. The van der Waals surface area contributed by atoms with Crippen molar-refractivity contribution in [2.24, 2.45) is 0 Å². The molecule has 1 fully saturated rings. The molecular formula is C15H26N2. The first-order valence-electron chi connectivity index (χ1n) is 6.86. The SMILES string of the molecule is Cc1ccn(CC[C@@H]2CCCN2C(C)(C)C)c1. The molecule has 2 rings (SSSR count). The lowest BCUT2D eigenvalue weighted by molar-refractivity contribution is 0.113. The van der Waals surface area contributed by atoms with Crippen molar-refractivity contribution in [2.75, 3.05) is 6.54 Å². The lowest BCUT2D eigenvalue weighted by Gasteiger charge is -2.37. The Morgan fingerprint density at radius 2 is 2.12 bits per heavy atom. The largest absolute Gasteiger partial charge is 0.354 e. The molecule has 2 heteroatoms. The van der Waals surface area contributed by atoms with Gasteiger partial charge in [-0.1, -0.05) is 0 Å². The first kappa shape index (κ1) is 12.7. The van der Waals surface area contributed by atoms with E-state index in [0.29, 0.717) is 5.54 Å². The lowest BCUT2D eigenvalue weighted by Crippen LogP contribution is -2.44. The van der Waals surface area contributed by atoms with Crippen molar-refractivity contribution in [3.8, 4) is 0 Å². The Labute approximate surface area is 106 Å². The van der Waals surface area contributed by atoms with Gasteiger partial charge in [0.15, 0.2) is 0 Å². The summed E-state index contributed by atoms with van der Waals surface area (Å²) < 4.78 is 2.33. The molecule has 1 saturated heterocycles. The molecule has 2 nitrogen and oxygen atoms in total. The topological polar surface area (TPSA) is 8.17 Å². The molecule has 1 aliphatic rings. The molecule has 96 valence electrons. The summed E-state index contributed by atoms with van der Waals surface area (Å²) in [6.45, 7) is 11.6. The minimum atomic E-state index is 0.327. The molecule has 0 saturated carbocycles. The molecular weight excluding hydrogens is 208 g/mol. The van der Waals surface area contributed by atoms with Gasteiger partial charge in [0, 0.05) is 30.5 Å². The summed E-state index contributed by atoms with van der Waals surface area (Å²) in [6.07, 6.45) is 8.47. The minimum Gasteiger partial charge on any atom is -0.354 e. The third-order valence-corrected chi connectivity index (χ3v) is 3.86. The van der Waals surface area contributed by atoms with Crippen molar-refractivity contribution < 1.29 is 0 Å². The molecule has 0 radical (unpaired) electrons. The Morgan fingerprint density at radius 1 is 1.35 bits per heavy atom. The Morgan fingerprint density at radius 3 is 2.71 bits per heavy atom. The summed E-state index contributed by atoms with van der Waals surface area (Å²) in [5, 5.41) is 0. The molecule has 0 bridgehead atoms. The second kappa shape index (κ2) is 4.85. The summed E-state index contributed by atoms with van der Waals surface area (Å²) in [4.78, 5) is 2.68. The molecule has 1 aromatic rings. The predicted molar refractivity (Wildman–Crippen MR) is 73.3 cm³/mol. The van der Waals surface area contributed by atoms with Crippen LogP contribution >= 0.6 is 0 Å². The van der Waals surface area contributed by atoms with Crippen molar-refractivity contribution >= 4 is 0 Å². The van der Waals surface area contributed by atoms with E-state index in [4.69, 9.17) is 0 Å². The standard InChI is InChI=1S/C15H26N2/c1-13-7-10-16(12-13)11-8-14-6-5-9-17(14)15(2,3)4/h7,10,12,14H,5-6,8-9,11H2,1-4H3/t14-/m0/s1. The van der Waals surface area contributed by atoms with Gasteiger partial charge in [0.05, 0.1) is 0 Å². The van der Waals surface area contributed by atoms with Crippen LogP contribution in [0.3, 0.4) is 0 Å². The Hall–Kier alpha value is -0.760. The van der Waals surface area contributed by atoms with Crippen LogP contribution in [0.2, 0.25) is 0 Å². The van der Waals surface area contributed by atoms with Crippen molar-refractivity contribution in [2.45, 2.75) is 65.1 Å². The van der Waals surface area contributed by atoms with Gasteiger partial charge in [-0.25, -0.2) is 0 Å². The average Bonchev–Trinajstić information content (AvgIpc) is 2.81. The highest BCUT2D eigenvalue weighted by atomic mass is 15.2. The van der Waals surface area contributed by atoms with Crippen LogP contribution in [0.15, 0.2) is 18.5 Å².